The monoisotopic (exact) mass is 345 g/mol. The quantitative estimate of drug-likeness (QED) is 0.851. The molecule has 1 aromatic carbocycles. The molecule has 1 saturated heterocycles. The van der Waals surface area contributed by atoms with Gasteiger partial charge in [-0.1, -0.05) is 32.0 Å². The van der Waals surface area contributed by atoms with Gasteiger partial charge in [0.05, 0.1) is 0 Å². The van der Waals surface area contributed by atoms with E-state index in [0.29, 0.717) is 6.04 Å². The fraction of sp³-hybridized carbons (Fsp3) is 0.667. The Kier molecular flexibility index (Phi) is 6.64. The number of nitrogens with one attached hydrogen (secondary N) is 1. The van der Waals surface area contributed by atoms with E-state index < -0.39 is 5.54 Å². The van der Waals surface area contributed by atoms with Gasteiger partial charge in [-0.15, -0.1) is 0 Å². The smallest absolute Gasteiger partial charge is 0.245 e. The summed E-state index contributed by atoms with van der Waals surface area (Å²) in [6.45, 7) is 16.7. The second kappa shape index (κ2) is 8.33. The number of carbonyl (C=O) groups excluding carboxylic acids is 1. The minimum atomic E-state index is -0.399. The van der Waals surface area contributed by atoms with Gasteiger partial charge in [-0.05, 0) is 64.8 Å². The first-order chi connectivity index (χ1) is 11.9. The molecule has 1 aliphatic rings. The van der Waals surface area contributed by atoms with Crippen molar-refractivity contribution in [1.82, 2.24) is 9.80 Å². The Morgan fingerprint density at radius 3 is 2.12 bits per heavy atom. The van der Waals surface area contributed by atoms with Gasteiger partial charge < -0.3 is 10.2 Å². The van der Waals surface area contributed by atoms with Crippen LogP contribution in [0.5, 0.6) is 0 Å². The van der Waals surface area contributed by atoms with Crippen molar-refractivity contribution in [3.8, 4) is 0 Å². The van der Waals surface area contributed by atoms with Crippen molar-refractivity contribution in [2.45, 2.75) is 66.0 Å². The second-order valence-corrected chi connectivity index (χ2v) is 7.55. The van der Waals surface area contributed by atoms with Gasteiger partial charge in [0, 0.05) is 24.8 Å². The Morgan fingerprint density at radius 2 is 1.68 bits per heavy atom. The number of amides is 1. The molecule has 1 amide bonds. The molecule has 1 fully saturated rings. The third-order valence-electron chi connectivity index (χ3n) is 5.87. The van der Waals surface area contributed by atoms with Gasteiger partial charge >= 0.3 is 0 Å². The average molecular weight is 346 g/mol. The van der Waals surface area contributed by atoms with Crippen LogP contribution in [-0.4, -0.2) is 53.5 Å². The summed E-state index contributed by atoms with van der Waals surface area (Å²) in [6.07, 6.45) is 1.78. The molecule has 140 valence electrons. The van der Waals surface area contributed by atoms with Gasteiger partial charge in [-0.2, -0.15) is 0 Å². The van der Waals surface area contributed by atoms with Crippen LogP contribution >= 0.6 is 0 Å². The molecule has 1 aromatic rings. The van der Waals surface area contributed by atoms with Crippen molar-refractivity contribution >= 4 is 11.6 Å². The third-order valence-corrected chi connectivity index (χ3v) is 5.87. The molecule has 0 unspecified atom stereocenters. The largest absolute Gasteiger partial charge is 0.324 e. The summed E-state index contributed by atoms with van der Waals surface area (Å²) in [6, 6.07) is 6.71. The lowest BCUT2D eigenvalue weighted by atomic mass is 9.83. The number of rotatable bonds is 6. The first kappa shape index (κ1) is 19.9. The Balaban J connectivity index is 2.28. The highest BCUT2D eigenvalue weighted by Gasteiger charge is 2.45. The van der Waals surface area contributed by atoms with Crippen LogP contribution in [-0.2, 0) is 4.79 Å². The number of likely N-dealkylation sites (N-methyl/N-ethyl adjacent to an activating group) is 1. The molecule has 0 aliphatic carbocycles. The highest BCUT2D eigenvalue weighted by atomic mass is 16.2. The number of anilines is 1. The lowest BCUT2D eigenvalue weighted by Crippen LogP contribution is -2.62. The summed E-state index contributed by atoms with van der Waals surface area (Å²) < 4.78 is 0. The van der Waals surface area contributed by atoms with Crippen LogP contribution < -0.4 is 5.32 Å². The number of para-hydroxylation sites is 1. The molecule has 0 radical (unpaired) electrons. The SMILES string of the molecule is CCN(CC)C1(C(=O)Nc2c(C)cccc2C)CCN(C(C)C)CC1. The molecule has 0 aromatic heterocycles. The Bertz CT molecular complexity index is 565. The predicted molar refractivity (Wildman–Crippen MR) is 106 cm³/mol. The average Bonchev–Trinajstić information content (AvgIpc) is 2.59. The van der Waals surface area contributed by atoms with Crippen molar-refractivity contribution in [2.24, 2.45) is 0 Å². The molecule has 0 spiro atoms. The minimum absolute atomic E-state index is 0.164. The molecule has 1 aliphatic heterocycles. The molecular formula is C21H35N3O. The lowest BCUT2D eigenvalue weighted by Gasteiger charge is -2.48. The van der Waals surface area contributed by atoms with Crippen molar-refractivity contribution in [2.75, 3.05) is 31.5 Å². The molecule has 4 heteroatoms. The van der Waals surface area contributed by atoms with E-state index in [2.05, 4.69) is 68.8 Å². The highest BCUT2D eigenvalue weighted by Crippen LogP contribution is 2.32. The number of hydrogen-bond acceptors (Lipinski definition) is 3. The van der Waals surface area contributed by atoms with Gasteiger partial charge in [0.25, 0.3) is 0 Å². The topological polar surface area (TPSA) is 35.6 Å². The molecule has 4 nitrogen and oxygen atoms in total. The van der Waals surface area contributed by atoms with E-state index in [0.717, 1.165) is 55.8 Å². The van der Waals surface area contributed by atoms with E-state index in [1.807, 2.05) is 6.07 Å². The van der Waals surface area contributed by atoms with E-state index in [9.17, 15) is 4.79 Å². The fourth-order valence-corrected chi connectivity index (χ4v) is 4.17. The Hall–Kier alpha value is -1.39. The van der Waals surface area contributed by atoms with Gasteiger partial charge in [0.15, 0.2) is 0 Å². The van der Waals surface area contributed by atoms with Gasteiger partial charge in [-0.3, -0.25) is 9.69 Å². The number of aryl methyl sites for hydroxylation is 2. The summed E-state index contributed by atoms with van der Waals surface area (Å²) in [4.78, 5) is 18.3. The number of piperidine rings is 1. The minimum Gasteiger partial charge on any atom is -0.324 e. The lowest BCUT2D eigenvalue weighted by molar-refractivity contribution is -0.132. The zero-order chi connectivity index (χ0) is 18.6. The van der Waals surface area contributed by atoms with Gasteiger partial charge in [0.2, 0.25) is 5.91 Å². The maximum atomic E-state index is 13.5. The van der Waals surface area contributed by atoms with E-state index >= 15 is 0 Å². The molecule has 1 heterocycles. The molecule has 2 rings (SSSR count). The van der Waals surface area contributed by atoms with Gasteiger partial charge in [0.1, 0.15) is 5.54 Å². The molecule has 1 N–H and O–H groups in total. The molecule has 0 bridgehead atoms. The summed E-state index contributed by atoms with van der Waals surface area (Å²) in [5.41, 5.74) is 2.83. The number of carbonyl (C=O) groups is 1. The van der Waals surface area contributed by atoms with Crippen LogP contribution in [0, 0.1) is 13.8 Å². The normalized spacial score (nSPS) is 17.9. The van der Waals surface area contributed by atoms with Crippen LogP contribution in [0.4, 0.5) is 5.69 Å². The van der Waals surface area contributed by atoms with Crippen molar-refractivity contribution in [3.05, 3.63) is 29.3 Å². The Morgan fingerprint density at radius 1 is 1.16 bits per heavy atom. The van der Waals surface area contributed by atoms with Gasteiger partial charge in [-0.25, -0.2) is 0 Å². The number of nitrogens with zero attached hydrogens (tertiary/aromatic N) is 2. The molecule has 25 heavy (non-hydrogen) atoms. The van der Waals surface area contributed by atoms with E-state index in [1.54, 1.807) is 0 Å². The first-order valence-corrected chi connectivity index (χ1v) is 9.72. The maximum Gasteiger partial charge on any atom is 0.245 e. The van der Waals surface area contributed by atoms with Crippen molar-refractivity contribution < 1.29 is 4.79 Å². The maximum absolute atomic E-state index is 13.5. The van der Waals surface area contributed by atoms with Crippen LogP contribution in [0.1, 0.15) is 51.7 Å². The number of likely N-dealkylation sites (tertiary alicyclic amines) is 1. The van der Waals surface area contributed by atoms with E-state index in [1.165, 1.54) is 0 Å². The number of benzene rings is 1. The molecule has 0 atom stereocenters. The summed E-state index contributed by atoms with van der Waals surface area (Å²) in [5.74, 6) is 0.164. The van der Waals surface area contributed by atoms with Crippen molar-refractivity contribution in [1.29, 1.82) is 0 Å². The highest BCUT2D eigenvalue weighted by molar-refractivity contribution is 5.99. The summed E-state index contributed by atoms with van der Waals surface area (Å²) in [5, 5.41) is 3.28. The zero-order valence-electron chi connectivity index (χ0n) is 16.9. The third kappa shape index (κ3) is 4.06. The number of hydrogen-bond donors (Lipinski definition) is 1. The zero-order valence-corrected chi connectivity index (χ0v) is 16.9. The van der Waals surface area contributed by atoms with Crippen molar-refractivity contribution in [3.63, 3.8) is 0 Å². The van der Waals surface area contributed by atoms with Crippen LogP contribution in [0.2, 0.25) is 0 Å². The van der Waals surface area contributed by atoms with Crippen LogP contribution in [0.25, 0.3) is 0 Å². The second-order valence-electron chi connectivity index (χ2n) is 7.55. The van der Waals surface area contributed by atoms with Crippen LogP contribution in [0.15, 0.2) is 18.2 Å². The predicted octanol–water partition coefficient (Wildman–Crippen LogP) is 3.83. The summed E-state index contributed by atoms with van der Waals surface area (Å²) >= 11 is 0. The standard InChI is InChI=1S/C21H35N3O/c1-7-24(8-2)21(12-14-23(15-13-21)16(3)4)20(25)22-19-17(5)10-9-11-18(19)6/h9-11,16H,7-8,12-15H2,1-6H3,(H,22,25). The molecular weight excluding hydrogens is 310 g/mol. The molecule has 0 saturated carbocycles. The van der Waals surface area contributed by atoms with Crippen LogP contribution in [0.3, 0.4) is 0 Å². The van der Waals surface area contributed by atoms with E-state index in [4.69, 9.17) is 0 Å². The Labute approximate surface area is 153 Å². The fourth-order valence-electron chi connectivity index (χ4n) is 4.17. The summed E-state index contributed by atoms with van der Waals surface area (Å²) in [7, 11) is 0. The van der Waals surface area contributed by atoms with E-state index in [-0.39, 0.29) is 5.91 Å². The first-order valence-electron chi connectivity index (χ1n) is 9.72.